The van der Waals surface area contributed by atoms with Crippen molar-refractivity contribution in [2.24, 2.45) is 0 Å². The number of hydrogen-bond acceptors (Lipinski definition) is 4. The second kappa shape index (κ2) is 7.41. The standard InChI is InChI=1S/C20H23N3O2S/c1-5-6-9-23-11-21-19-16(20(23)25)14(4)17(26-19)18(24)22-15-10-12(2)7-8-13(15)3/h7-8,10-11H,5-6,9H2,1-4H3,(H,22,24). The first-order chi connectivity index (χ1) is 12.4. The van der Waals surface area contributed by atoms with Gasteiger partial charge in [-0.05, 0) is 49.9 Å². The van der Waals surface area contributed by atoms with Gasteiger partial charge in [-0.3, -0.25) is 14.2 Å². The van der Waals surface area contributed by atoms with Gasteiger partial charge >= 0.3 is 0 Å². The van der Waals surface area contributed by atoms with Gasteiger partial charge in [0.2, 0.25) is 0 Å². The molecule has 0 saturated heterocycles. The Labute approximate surface area is 156 Å². The zero-order chi connectivity index (χ0) is 18.8. The minimum absolute atomic E-state index is 0.0667. The van der Waals surface area contributed by atoms with Crippen molar-refractivity contribution in [2.45, 2.75) is 47.1 Å². The number of carbonyl (C=O) groups is 1. The van der Waals surface area contributed by atoms with Crippen LogP contribution in [0.3, 0.4) is 0 Å². The maximum absolute atomic E-state index is 12.8. The molecule has 1 amide bonds. The molecule has 2 aromatic heterocycles. The average molecular weight is 369 g/mol. The highest BCUT2D eigenvalue weighted by molar-refractivity contribution is 7.20. The Bertz CT molecular complexity index is 1030. The second-order valence-electron chi connectivity index (χ2n) is 6.61. The largest absolute Gasteiger partial charge is 0.321 e. The van der Waals surface area contributed by atoms with Gasteiger partial charge in [0.25, 0.3) is 11.5 Å². The van der Waals surface area contributed by atoms with Crippen LogP contribution in [0.2, 0.25) is 0 Å². The van der Waals surface area contributed by atoms with Crippen LogP contribution in [0.4, 0.5) is 5.69 Å². The van der Waals surface area contributed by atoms with E-state index in [0.29, 0.717) is 27.2 Å². The summed E-state index contributed by atoms with van der Waals surface area (Å²) in [4.78, 5) is 31.1. The first kappa shape index (κ1) is 18.3. The highest BCUT2D eigenvalue weighted by atomic mass is 32.1. The number of aromatic nitrogens is 2. The average Bonchev–Trinajstić information content (AvgIpc) is 2.95. The number of thiophene rings is 1. The predicted molar refractivity (Wildman–Crippen MR) is 107 cm³/mol. The Morgan fingerprint density at radius 2 is 2.04 bits per heavy atom. The second-order valence-corrected chi connectivity index (χ2v) is 7.60. The summed E-state index contributed by atoms with van der Waals surface area (Å²) in [6.07, 6.45) is 3.52. The lowest BCUT2D eigenvalue weighted by molar-refractivity contribution is 0.103. The molecular formula is C20H23N3O2S. The Morgan fingerprint density at radius 3 is 2.77 bits per heavy atom. The lowest BCUT2D eigenvalue weighted by Crippen LogP contribution is -2.20. The summed E-state index contributed by atoms with van der Waals surface area (Å²) in [5, 5.41) is 3.53. The molecule has 5 nitrogen and oxygen atoms in total. The Hall–Kier alpha value is -2.47. The first-order valence-electron chi connectivity index (χ1n) is 8.79. The van der Waals surface area contributed by atoms with Gasteiger partial charge in [0, 0.05) is 12.2 Å². The molecule has 0 spiro atoms. The smallest absolute Gasteiger partial charge is 0.266 e. The summed E-state index contributed by atoms with van der Waals surface area (Å²) >= 11 is 1.27. The fourth-order valence-electron chi connectivity index (χ4n) is 2.91. The summed E-state index contributed by atoms with van der Waals surface area (Å²) in [5.41, 5.74) is 3.52. The molecule has 3 aromatic rings. The molecule has 0 radical (unpaired) electrons. The number of fused-ring (bicyclic) bond motifs is 1. The third kappa shape index (κ3) is 3.42. The van der Waals surface area contributed by atoms with E-state index in [-0.39, 0.29) is 11.5 Å². The van der Waals surface area contributed by atoms with Crippen LogP contribution in [-0.2, 0) is 6.54 Å². The molecule has 0 atom stereocenters. The van der Waals surface area contributed by atoms with E-state index in [4.69, 9.17) is 0 Å². The SMILES string of the molecule is CCCCn1cnc2sc(C(=O)Nc3cc(C)ccc3C)c(C)c2c1=O. The van der Waals surface area contributed by atoms with Crippen LogP contribution in [0.15, 0.2) is 29.3 Å². The fourth-order valence-corrected chi connectivity index (χ4v) is 3.95. The molecule has 1 aromatic carbocycles. The zero-order valence-corrected chi connectivity index (χ0v) is 16.4. The number of hydrogen-bond donors (Lipinski definition) is 1. The van der Waals surface area contributed by atoms with Crippen molar-refractivity contribution in [3.8, 4) is 0 Å². The minimum Gasteiger partial charge on any atom is -0.321 e. The van der Waals surface area contributed by atoms with Crippen LogP contribution in [0, 0.1) is 20.8 Å². The maximum Gasteiger partial charge on any atom is 0.266 e. The van der Waals surface area contributed by atoms with Gasteiger partial charge in [-0.15, -0.1) is 11.3 Å². The van der Waals surface area contributed by atoms with E-state index >= 15 is 0 Å². The van der Waals surface area contributed by atoms with E-state index in [1.807, 2.05) is 39.0 Å². The minimum atomic E-state index is -0.196. The number of rotatable bonds is 5. The number of amides is 1. The van der Waals surface area contributed by atoms with Crippen molar-refractivity contribution in [2.75, 3.05) is 5.32 Å². The van der Waals surface area contributed by atoms with Gasteiger partial charge in [0.15, 0.2) is 0 Å². The number of carbonyl (C=O) groups excluding carboxylic acids is 1. The number of aryl methyl sites for hydroxylation is 4. The molecule has 0 bridgehead atoms. The quantitative estimate of drug-likeness (QED) is 0.723. The summed E-state index contributed by atoms with van der Waals surface area (Å²) in [5.74, 6) is -0.196. The first-order valence-corrected chi connectivity index (χ1v) is 9.61. The van der Waals surface area contributed by atoms with Crippen LogP contribution < -0.4 is 10.9 Å². The van der Waals surface area contributed by atoms with Crippen molar-refractivity contribution in [3.63, 3.8) is 0 Å². The summed E-state index contributed by atoms with van der Waals surface area (Å²) in [6.45, 7) is 8.51. The zero-order valence-electron chi connectivity index (χ0n) is 15.5. The maximum atomic E-state index is 12.8. The molecule has 0 aliphatic carbocycles. The molecule has 26 heavy (non-hydrogen) atoms. The van der Waals surface area contributed by atoms with Crippen LogP contribution in [0.5, 0.6) is 0 Å². The molecule has 0 aliphatic heterocycles. The molecular weight excluding hydrogens is 346 g/mol. The Kier molecular flexibility index (Phi) is 5.23. The lowest BCUT2D eigenvalue weighted by atomic mass is 10.1. The third-order valence-electron chi connectivity index (χ3n) is 4.52. The van der Waals surface area contributed by atoms with Gasteiger partial charge in [-0.25, -0.2) is 4.98 Å². The highest BCUT2D eigenvalue weighted by Crippen LogP contribution is 2.28. The highest BCUT2D eigenvalue weighted by Gasteiger charge is 2.20. The molecule has 1 N–H and O–H groups in total. The van der Waals surface area contributed by atoms with Crippen molar-refractivity contribution in [3.05, 3.63) is 56.4 Å². The predicted octanol–water partition coefficient (Wildman–Crippen LogP) is 4.44. The molecule has 0 fully saturated rings. The van der Waals surface area contributed by atoms with Crippen molar-refractivity contribution in [1.29, 1.82) is 0 Å². The summed E-state index contributed by atoms with van der Waals surface area (Å²) < 4.78 is 1.64. The van der Waals surface area contributed by atoms with E-state index in [9.17, 15) is 9.59 Å². The number of nitrogens with one attached hydrogen (secondary N) is 1. The third-order valence-corrected chi connectivity index (χ3v) is 5.72. The molecule has 3 rings (SSSR count). The van der Waals surface area contributed by atoms with Gasteiger partial charge in [-0.2, -0.15) is 0 Å². The van der Waals surface area contributed by atoms with Crippen LogP contribution in [-0.4, -0.2) is 15.5 Å². The van der Waals surface area contributed by atoms with Crippen LogP contribution in [0.25, 0.3) is 10.2 Å². The normalized spacial score (nSPS) is 11.1. The van der Waals surface area contributed by atoms with Crippen LogP contribution in [0.1, 0.15) is 46.1 Å². The summed E-state index contributed by atoms with van der Waals surface area (Å²) in [7, 11) is 0. The monoisotopic (exact) mass is 369 g/mol. The van der Waals surface area contributed by atoms with Gasteiger partial charge in [0.1, 0.15) is 4.83 Å². The summed E-state index contributed by atoms with van der Waals surface area (Å²) in [6, 6.07) is 5.95. The topological polar surface area (TPSA) is 64.0 Å². The molecule has 0 aliphatic rings. The Balaban J connectivity index is 1.99. The van der Waals surface area contributed by atoms with E-state index in [1.165, 1.54) is 11.3 Å². The van der Waals surface area contributed by atoms with E-state index in [1.54, 1.807) is 10.9 Å². The van der Waals surface area contributed by atoms with Crippen LogP contribution >= 0.6 is 11.3 Å². The molecule has 2 heterocycles. The molecule has 6 heteroatoms. The van der Waals surface area contributed by atoms with Gasteiger partial charge in [0.05, 0.1) is 16.6 Å². The molecule has 0 saturated carbocycles. The lowest BCUT2D eigenvalue weighted by Gasteiger charge is -2.09. The van der Waals surface area contributed by atoms with Crippen molar-refractivity contribution >= 4 is 33.1 Å². The van der Waals surface area contributed by atoms with Gasteiger partial charge in [-0.1, -0.05) is 25.5 Å². The fraction of sp³-hybridized carbons (Fsp3) is 0.350. The molecule has 0 unspecified atom stereocenters. The number of anilines is 1. The number of unbranched alkanes of at least 4 members (excludes halogenated alkanes) is 1. The van der Waals surface area contributed by atoms with E-state index < -0.39 is 0 Å². The van der Waals surface area contributed by atoms with E-state index in [2.05, 4.69) is 17.2 Å². The number of benzene rings is 1. The van der Waals surface area contributed by atoms with E-state index in [0.717, 1.165) is 29.7 Å². The van der Waals surface area contributed by atoms with Gasteiger partial charge < -0.3 is 5.32 Å². The van der Waals surface area contributed by atoms with Crippen molar-refractivity contribution in [1.82, 2.24) is 9.55 Å². The number of nitrogens with zero attached hydrogens (tertiary/aromatic N) is 2. The Morgan fingerprint density at radius 1 is 1.27 bits per heavy atom. The molecule has 136 valence electrons. The van der Waals surface area contributed by atoms with Crippen molar-refractivity contribution < 1.29 is 4.79 Å².